The van der Waals surface area contributed by atoms with Crippen molar-refractivity contribution in [2.75, 3.05) is 32.2 Å². The molecule has 0 saturated heterocycles. The molecule has 0 heterocycles. The Morgan fingerprint density at radius 3 is 1.95 bits per heavy atom. The number of sulfonamides is 1. The number of methoxy groups -OCH3 is 3. The third kappa shape index (κ3) is 6.70. The summed E-state index contributed by atoms with van der Waals surface area (Å²) in [6.07, 6.45) is 0. The van der Waals surface area contributed by atoms with Crippen LogP contribution in [0.1, 0.15) is 60.5 Å². The maximum atomic E-state index is 14.0. The molecule has 1 unspecified atom stereocenters. The number of nitrogens with one attached hydrogen (secondary N) is 1. The van der Waals surface area contributed by atoms with Crippen LogP contribution in [0, 0.1) is 20.8 Å². The highest BCUT2D eigenvalue weighted by molar-refractivity contribution is 7.92. The fourth-order valence-corrected chi connectivity index (χ4v) is 6.24. The molecule has 8 nitrogen and oxygen atoms in total. The van der Waals surface area contributed by atoms with Gasteiger partial charge in [0.1, 0.15) is 12.3 Å². The number of carbonyl (C=O) groups excluding carboxylic acids is 1. The summed E-state index contributed by atoms with van der Waals surface area (Å²) in [4.78, 5) is 13.4. The molecule has 1 amide bonds. The molecule has 0 aromatic heterocycles. The van der Waals surface area contributed by atoms with Crippen molar-refractivity contribution < 1.29 is 27.4 Å². The van der Waals surface area contributed by atoms with Crippen LogP contribution >= 0.6 is 0 Å². The summed E-state index contributed by atoms with van der Waals surface area (Å²) in [5.74, 6) is 1.28. The predicted octanol–water partition coefficient (Wildman–Crippen LogP) is 5.83. The summed E-state index contributed by atoms with van der Waals surface area (Å²) in [7, 11) is 0.411. The summed E-state index contributed by atoms with van der Waals surface area (Å²) in [6, 6.07) is 13.5. The van der Waals surface area contributed by atoms with Crippen molar-refractivity contribution in [2.45, 2.75) is 58.4 Å². The van der Waals surface area contributed by atoms with E-state index in [0.717, 1.165) is 37.9 Å². The zero-order valence-electron chi connectivity index (χ0n) is 24.8. The van der Waals surface area contributed by atoms with Crippen LogP contribution in [0.25, 0.3) is 0 Å². The highest BCUT2D eigenvalue weighted by Crippen LogP contribution is 2.34. The lowest BCUT2D eigenvalue weighted by Crippen LogP contribution is -2.41. The third-order valence-corrected chi connectivity index (χ3v) is 8.58. The lowest BCUT2D eigenvalue weighted by Gasteiger charge is -2.27. The van der Waals surface area contributed by atoms with Gasteiger partial charge in [-0.05, 0) is 97.8 Å². The molecule has 0 saturated carbocycles. The van der Waals surface area contributed by atoms with E-state index in [4.69, 9.17) is 14.2 Å². The molecular formula is C31H40N2O6S. The van der Waals surface area contributed by atoms with Gasteiger partial charge in [0.05, 0.1) is 38.0 Å². The number of aryl methyl sites for hydroxylation is 3. The second-order valence-electron chi connectivity index (χ2n) is 10.3. The number of rotatable bonds is 11. The molecule has 0 fully saturated rings. The topological polar surface area (TPSA) is 94.2 Å². The van der Waals surface area contributed by atoms with Gasteiger partial charge in [0.15, 0.2) is 11.5 Å². The molecule has 0 aliphatic rings. The zero-order valence-corrected chi connectivity index (χ0v) is 25.6. The molecule has 0 radical (unpaired) electrons. The van der Waals surface area contributed by atoms with Crippen LogP contribution in [0.2, 0.25) is 0 Å². The minimum absolute atomic E-state index is 0.0160. The maximum absolute atomic E-state index is 14.0. The molecule has 0 aliphatic carbocycles. The molecule has 40 heavy (non-hydrogen) atoms. The number of anilines is 1. The second-order valence-corrected chi connectivity index (χ2v) is 12.1. The standard InChI is InChI=1S/C31H40N2O6S/c1-19(2)26-17-27(22(5)15-29(26)38-8)23(6)32-31(34)18-33(24-13-20(3)12-21(4)14-24)40(35,36)25-10-11-28(37-7)30(16-25)39-9/h10-17,19,23H,18H2,1-9H3,(H,32,34). The number of hydrogen-bond acceptors (Lipinski definition) is 6. The quantitative estimate of drug-likeness (QED) is 0.313. The predicted molar refractivity (Wildman–Crippen MR) is 158 cm³/mol. The van der Waals surface area contributed by atoms with E-state index in [1.807, 2.05) is 45.9 Å². The molecule has 1 atom stereocenters. The Hall–Kier alpha value is -3.72. The van der Waals surface area contributed by atoms with Gasteiger partial charge in [-0.2, -0.15) is 0 Å². The van der Waals surface area contributed by atoms with Crippen LogP contribution in [0.3, 0.4) is 0 Å². The molecule has 3 aromatic rings. The minimum Gasteiger partial charge on any atom is -0.496 e. The Labute approximate surface area is 238 Å². The molecule has 3 rings (SSSR count). The first-order valence-electron chi connectivity index (χ1n) is 13.1. The lowest BCUT2D eigenvalue weighted by atomic mass is 9.93. The van der Waals surface area contributed by atoms with Crippen LogP contribution in [-0.4, -0.2) is 42.2 Å². The van der Waals surface area contributed by atoms with E-state index in [1.165, 1.54) is 32.4 Å². The van der Waals surface area contributed by atoms with Gasteiger partial charge in [-0.15, -0.1) is 0 Å². The van der Waals surface area contributed by atoms with Gasteiger partial charge in [-0.25, -0.2) is 8.42 Å². The van der Waals surface area contributed by atoms with E-state index >= 15 is 0 Å². The number of hydrogen-bond donors (Lipinski definition) is 1. The van der Waals surface area contributed by atoms with Crippen molar-refractivity contribution in [3.05, 3.63) is 76.3 Å². The smallest absolute Gasteiger partial charge is 0.264 e. The number of nitrogens with zero attached hydrogens (tertiary/aromatic N) is 1. The molecule has 1 N–H and O–H groups in total. The van der Waals surface area contributed by atoms with Crippen LogP contribution < -0.4 is 23.8 Å². The Balaban J connectivity index is 2.00. The van der Waals surface area contributed by atoms with Crippen molar-refractivity contribution in [1.29, 1.82) is 0 Å². The van der Waals surface area contributed by atoms with Crippen LogP contribution in [0.15, 0.2) is 53.4 Å². The molecule has 0 bridgehead atoms. The van der Waals surface area contributed by atoms with E-state index in [-0.39, 0.29) is 22.6 Å². The highest BCUT2D eigenvalue weighted by atomic mass is 32.2. The fraction of sp³-hybridized carbons (Fsp3) is 0.387. The van der Waals surface area contributed by atoms with Gasteiger partial charge in [-0.1, -0.05) is 19.9 Å². The third-order valence-electron chi connectivity index (χ3n) is 6.81. The summed E-state index contributed by atoms with van der Waals surface area (Å²) >= 11 is 0. The first kappa shape index (κ1) is 30.8. The largest absolute Gasteiger partial charge is 0.496 e. The number of carbonyl (C=O) groups is 1. The molecule has 3 aromatic carbocycles. The summed E-state index contributed by atoms with van der Waals surface area (Å²) < 4.78 is 45.3. The lowest BCUT2D eigenvalue weighted by molar-refractivity contribution is -0.120. The number of amides is 1. The Morgan fingerprint density at radius 2 is 1.40 bits per heavy atom. The Bertz CT molecular complexity index is 1460. The van der Waals surface area contributed by atoms with Crippen LogP contribution in [0.5, 0.6) is 17.2 Å². The van der Waals surface area contributed by atoms with E-state index in [1.54, 1.807) is 19.2 Å². The van der Waals surface area contributed by atoms with Crippen molar-refractivity contribution >= 4 is 21.6 Å². The van der Waals surface area contributed by atoms with Crippen molar-refractivity contribution in [3.8, 4) is 17.2 Å². The van der Waals surface area contributed by atoms with Crippen molar-refractivity contribution in [2.24, 2.45) is 0 Å². The first-order chi connectivity index (χ1) is 18.8. The summed E-state index contributed by atoms with van der Waals surface area (Å²) in [6.45, 7) is 11.4. The van der Waals surface area contributed by atoms with Gasteiger partial charge in [0, 0.05) is 6.07 Å². The van der Waals surface area contributed by atoms with E-state index in [9.17, 15) is 13.2 Å². The summed E-state index contributed by atoms with van der Waals surface area (Å²) in [5.41, 5.74) is 5.12. The van der Waals surface area contributed by atoms with Crippen molar-refractivity contribution in [3.63, 3.8) is 0 Å². The van der Waals surface area contributed by atoms with Gasteiger partial charge in [0.25, 0.3) is 10.0 Å². The fourth-order valence-electron chi connectivity index (χ4n) is 4.82. The normalized spacial score (nSPS) is 12.2. The van der Waals surface area contributed by atoms with E-state index in [0.29, 0.717) is 11.4 Å². The monoisotopic (exact) mass is 568 g/mol. The SMILES string of the molecule is COc1ccc(S(=O)(=O)N(CC(=O)NC(C)c2cc(C(C)C)c(OC)cc2C)c2cc(C)cc(C)c2)cc1OC. The van der Waals surface area contributed by atoms with Gasteiger partial charge < -0.3 is 19.5 Å². The Morgan fingerprint density at radius 1 is 0.800 bits per heavy atom. The minimum atomic E-state index is -4.16. The van der Waals surface area contributed by atoms with E-state index in [2.05, 4.69) is 19.2 Å². The van der Waals surface area contributed by atoms with Gasteiger partial charge >= 0.3 is 0 Å². The first-order valence-corrected chi connectivity index (χ1v) is 14.6. The molecule has 0 spiro atoms. The zero-order chi connectivity index (χ0) is 29.8. The maximum Gasteiger partial charge on any atom is 0.264 e. The average Bonchev–Trinajstić information content (AvgIpc) is 2.89. The number of ether oxygens (including phenoxy) is 3. The number of benzene rings is 3. The van der Waals surface area contributed by atoms with Crippen LogP contribution in [0.4, 0.5) is 5.69 Å². The van der Waals surface area contributed by atoms with Gasteiger partial charge in [-0.3, -0.25) is 9.10 Å². The molecular weight excluding hydrogens is 528 g/mol. The molecule has 0 aliphatic heterocycles. The molecule has 216 valence electrons. The second kappa shape index (κ2) is 12.6. The van der Waals surface area contributed by atoms with E-state index < -0.39 is 22.5 Å². The van der Waals surface area contributed by atoms with Crippen LogP contribution in [-0.2, 0) is 14.8 Å². The van der Waals surface area contributed by atoms with Gasteiger partial charge in [0.2, 0.25) is 5.91 Å². The van der Waals surface area contributed by atoms with Crippen molar-refractivity contribution in [1.82, 2.24) is 5.32 Å². The highest BCUT2D eigenvalue weighted by Gasteiger charge is 2.29. The molecule has 9 heteroatoms. The summed E-state index contributed by atoms with van der Waals surface area (Å²) in [5, 5.41) is 3.00. The average molecular weight is 569 g/mol. The Kier molecular flexibility index (Phi) is 9.73.